The van der Waals surface area contributed by atoms with Crippen molar-refractivity contribution in [3.8, 4) is 0 Å². The Labute approximate surface area is 178 Å². The Kier molecular flexibility index (Phi) is 5.92. The second kappa shape index (κ2) is 8.62. The summed E-state index contributed by atoms with van der Waals surface area (Å²) in [6, 6.07) is 12.7. The van der Waals surface area contributed by atoms with E-state index >= 15 is 0 Å². The van der Waals surface area contributed by atoms with Gasteiger partial charge in [0.05, 0.1) is 16.7 Å². The van der Waals surface area contributed by atoms with Crippen molar-refractivity contribution in [2.75, 3.05) is 26.2 Å². The number of benzene rings is 2. The SMILES string of the molecule is Cc1nc(C)c(C(=O)N2CCN(C(c3ccc(F)cc3)c3ccc(F)cc3)CC2)s1. The van der Waals surface area contributed by atoms with E-state index in [4.69, 9.17) is 0 Å². The van der Waals surface area contributed by atoms with Gasteiger partial charge in [-0.2, -0.15) is 0 Å². The summed E-state index contributed by atoms with van der Waals surface area (Å²) in [5.74, 6) is -0.553. The molecule has 0 spiro atoms. The maximum atomic E-state index is 13.5. The Morgan fingerprint density at radius 1 is 0.900 bits per heavy atom. The van der Waals surface area contributed by atoms with Gasteiger partial charge in [-0.3, -0.25) is 9.69 Å². The van der Waals surface area contributed by atoms with Gasteiger partial charge in [0.25, 0.3) is 5.91 Å². The molecular weight excluding hydrogens is 404 g/mol. The summed E-state index contributed by atoms with van der Waals surface area (Å²) in [6.07, 6.45) is 0. The van der Waals surface area contributed by atoms with E-state index in [0.717, 1.165) is 21.8 Å². The summed E-state index contributed by atoms with van der Waals surface area (Å²) in [4.78, 5) is 22.1. The monoisotopic (exact) mass is 427 g/mol. The highest BCUT2D eigenvalue weighted by Crippen LogP contribution is 2.30. The van der Waals surface area contributed by atoms with E-state index in [0.29, 0.717) is 31.1 Å². The lowest BCUT2D eigenvalue weighted by atomic mass is 9.96. The van der Waals surface area contributed by atoms with Gasteiger partial charge in [-0.15, -0.1) is 11.3 Å². The molecule has 1 saturated heterocycles. The zero-order valence-corrected chi connectivity index (χ0v) is 17.8. The summed E-state index contributed by atoms with van der Waals surface area (Å²) in [5.41, 5.74) is 2.66. The van der Waals surface area contributed by atoms with Gasteiger partial charge < -0.3 is 4.90 Å². The molecule has 0 saturated carbocycles. The summed E-state index contributed by atoms with van der Waals surface area (Å²) in [6.45, 7) is 6.29. The number of amides is 1. The smallest absolute Gasteiger partial charge is 0.265 e. The summed E-state index contributed by atoms with van der Waals surface area (Å²) in [7, 11) is 0. The fraction of sp³-hybridized carbons (Fsp3) is 0.304. The molecule has 0 unspecified atom stereocenters. The lowest BCUT2D eigenvalue weighted by molar-refractivity contribution is 0.0601. The van der Waals surface area contributed by atoms with Crippen LogP contribution >= 0.6 is 11.3 Å². The van der Waals surface area contributed by atoms with Crippen LogP contribution in [0.15, 0.2) is 48.5 Å². The zero-order chi connectivity index (χ0) is 21.3. The molecule has 2 heterocycles. The number of carbonyl (C=O) groups is 1. The number of rotatable bonds is 4. The Morgan fingerprint density at radius 2 is 1.40 bits per heavy atom. The maximum absolute atomic E-state index is 13.5. The quantitative estimate of drug-likeness (QED) is 0.611. The standard InChI is InChI=1S/C23H23F2N3OS/c1-15-22(30-16(2)26-15)23(29)28-13-11-27(12-14-28)21(17-3-7-19(24)8-4-17)18-5-9-20(25)10-6-18/h3-10,21H,11-14H2,1-2H3. The average Bonchev–Trinajstić information content (AvgIpc) is 3.09. The van der Waals surface area contributed by atoms with Crippen LogP contribution in [0.3, 0.4) is 0 Å². The van der Waals surface area contributed by atoms with Crippen molar-refractivity contribution in [1.82, 2.24) is 14.8 Å². The van der Waals surface area contributed by atoms with Gasteiger partial charge in [0.1, 0.15) is 16.5 Å². The number of nitrogens with zero attached hydrogens (tertiary/aromatic N) is 3. The molecule has 1 aromatic heterocycles. The van der Waals surface area contributed by atoms with E-state index in [1.54, 1.807) is 24.3 Å². The van der Waals surface area contributed by atoms with Gasteiger partial charge in [-0.05, 0) is 49.2 Å². The second-order valence-corrected chi connectivity index (χ2v) is 8.68. The molecule has 30 heavy (non-hydrogen) atoms. The molecule has 156 valence electrons. The van der Waals surface area contributed by atoms with Crippen LogP contribution in [0, 0.1) is 25.5 Å². The predicted octanol–water partition coefficient (Wildman–Crippen LogP) is 4.59. The third-order valence-electron chi connectivity index (χ3n) is 5.44. The van der Waals surface area contributed by atoms with Crippen molar-refractivity contribution in [2.45, 2.75) is 19.9 Å². The first kappa shape index (κ1) is 20.6. The number of halogens is 2. The minimum Gasteiger partial charge on any atom is -0.335 e. The Balaban J connectivity index is 1.54. The Hall–Kier alpha value is -2.64. The average molecular weight is 428 g/mol. The molecule has 1 fully saturated rings. The van der Waals surface area contributed by atoms with Gasteiger partial charge in [0, 0.05) is 26.2 Å². The lowest BCUT2D eigenvalue weighted by Gasteiger charge is -2.39. The molecule has 1 aliphatic rings. The minimum atomic E-state index is -0.290. The lowest BCUT2D eigenvalue weighted by Crippen LogP contribution is -2.49. The summed E-state index contributed by atoms with van der Waals surface area (Å²) >= 11 is 1.43. The van der Waals surface area contributed by atoms with Crippen LogP contribution in [0.4, 0.5) is 8.78 Å². The number of aryl methyl sites for hydroxylation is 2. The van der Waals surface area contributed by atoms with Crippen LogP contribution in [-0.4, -0.2) is 46.9 Å². The van der Waals surface area contributed by atoms with Crippen LogP contribution in [0.2, 0.25) is 0 Å². The van der Waals surface area contributed by atoms with Crippen molar-refractivity contribution in [2.24, 2.45) is 0 Å². The Morgan fingerprint density at radius 3 is 1.83 bits per heavy atom. The summed E-state index contributed by atoms with van der Waals surface area (Å²) in [5, 5.41) is 0.891. The van der Waals surface area contributed by atoms with Gasteiger partial charge >= 0.3 is 0 Å². The molecular formula is C23H23F2N3OS. The van der Waals surface area contributed by atoms with Crippen molar-refractivity contribution >= 4 is 17.2 Å². The van der Waals surface area contributed by atoms with E-state index in [1.165, 1.54) is 35.6 Å². The highest BCUT2D eigenvalue weighted by Gasteiger charge is 2.30. The molecule has 3 aromatic rings. The molecule has 7 heteroatoms. The molecule has 1 aliphatic heterocycles. The number of piperazine rings is 1. The third kappa shape index (κ3) is 4.27. The fourth-order valence-corrected chi connectivity index (χ4v) is 4.85. The molecule has 0 N–H and O–H groups in total. The number of aromatic nitrogens is 1. The fourth-order valence-electron chi connectivity index (χ4n) is 3.96. The molecule has 0 bridgehead atoms. The molecule has 0 aliphatic carbocycles. The number of carbonyl (C=O) groups excluding carboxylic acids is 1. The Bertz CT molecular complexity index is 980. The first-order chi connectivity index (χ1) is 14.4. The van der Waals surface area contributed by atoms with E-state index in [2.05, 4.69) is 9.88 Å². The normalized spacial score (nSPS) is 15.0. The molecule has 4 nitrogen and oxygen atoms in total. The zero-order valence-electron chi connectivity index (χ0n) is 16.9. The van der Waals surface area contributed by atoms with Crippen molar-refractivity contribution in [3.63, 3.8) is 0 Å². The van der Waals surface area contributed by atoms with Gasteiger partial charge in [-0.25, -0.2) is 13.8 Å². The highest BCUT2D eigenvalue weighted by molar-refractivity contribution is 7.13. The molecule has 1 amide bonds. The van der Waals surface area contributed by atoms with Crippen LogP contribution in [0.5, 0.6) is 0 Å². The minimum absolute atomic E-state index is 0.0258. The highest BCUT2D eigenvalue weighted by atomic mass is 32.1. The van der Waals surface area contributed by atoms with Crippen LogP contribution in [-0.2, 0) is 0 Å². The van der Waals surface area contributed by atoms with Crippen LogP contribution in [0.1, 0.15) is 37.5 Å². The van der Waals surface area contributed by atoms with Gasteiger partial charge in [0.15, 0.2) is 0 Å². The van der Waals surface area contributed by atoms with E-state index in [1.807, 2.05) is 18.7 Å². The third-order valence-corrected chi connectivity index (χ3v) is 6.50. The predicted molar refractivity (Wildman–Crippen MR) is 114 cm³/mol. The number of hydrogen-bond donors (Lipinski definition) is 0. The van der Waals surface area contributed by atoms with Crippen molar-refractivity contribution in [3.05, 3.63) is 86.9 Å². The number of hydrogen-bond acceptors (Lipinski definition) is 4. The topological polar surface area (TPSA) is 36.4 Å². The first-order valence-electron chi connectivity index (χ1n) is 9.90. The van der Waals surface area contributed by atoms with Crippen LogP contribution in [0.25, 0.3) is 0 Å². The molecule has 0 atom stereocenters. The van der Waals surface area contributed by atoms with Crippen molar-refractivity contribution < 1.29 is 13.6 Å². The largest absolute Gasteiger partial charge is 0.335 e. The molecule has 0 radical (unpaired) electrons. The first-order valence-corrected chi connectivity index (χ1v) is 10.7. The van der Waals surface area contributed by atoms with E-state index < -0.39 is 0 Å². The van der Waals surface area contributed by atoms with Gasteiger partial charge in [-0.1, -0.05) is 24.3 Å². The maximum Gasteiger partial charge on any atom is 0.265 e. The molecule has 4 rings (SSSR count). The van der Waals surface area contributed by atoms with Crippen LogP contribution < -0.4 is 0 Å². The molecule has 2 aromatic carbocycles. The van der Waals surface area contributed by atoms with Crippen molar-refractivity contribution in [1.29, 1.82) is 0 Å². The second-order valence-electron chi connectivity index (χ2n) is 7.48. The summed E-state index contributed by atoms with van der Waals surface area (Å²) < 4.78 is 26.9. The number of thiazole rings is 1. The van der Waals surface area contributed by atoms with E-state index in [9.17, 15) is 13.6 Å². The van der Waals surface area contributed by atoms with Gasteiger partial charge in [0.2, 0.25) is 0 Å². The van der Waals surface area contributed by atoms with E-state index in [-0.39, 0.29) is 23.6 Å².